The number of aliphatic carboxylic acids is 1. The Balaban J connectivity index is 2.14. The standard InChI is InChI=1S/C15H21FN2O3/c1-11-10-13(16)6-5-12(11)7-9-18-15(21)17-8-3-2-4-14(19)20/h5-6,10H,2-4,7-9H2,1H3,(H,19,20)(H2,17,18,21). The second kappa shape index (κ2) is 8.94. The molecule has 0 aliphatic heterocycles. The molecule has 0 unspecified atom stereocenters. The first-order valence-electron chi connectivity index (χ1n) is 6.97. The summed E-state index contributed by atoms with van der Waals surface area (Å²) in [6, 6.07) is 4.32. The molecule has 0 aliphatic rings. The highest BCUT2D eigenvalue weighted by atomic mass is 19.1. The molecule has 0 fully saturated rings. The third-order valence-electron chi connectivity index (χ3n) is 3.09. The van der Waals surface area contributed by atoms with E-state index < -0.39 is 5.97 Å². The molecule has 1 aromatic rings. The Hall–Kier alpha value is -2.11. The second-order valence-electron chi connectivity index (χ2n) is 4.85. The summed E-state index contributed by atoms with van der Waals surface area (Å²) in [5.74, 6) is -1.09. The Bertz CT molecular complexity index is 492. The number of carboxylic acids is 1. The minimum Gasteiger partial charge on any atom is -0.481 e. The van der Waals surface area contributed by atoms with Gasteiger partial charge in [0.1, 0.15) is 5.82 Å². The first-order valence-corrected chi connectivity index (χ1v) is 6.97. The number of carbonyl (C=O) groups excluding carboxylic acids is 1. The van der Waals surface area contributed by atoms with Crippen molar-refractivity contribution in [2.75, 3.05) is 13.1 Å². The van der Waals surface area contributed by atoms with Crippen LogP contribution < -0.4 is 10.6 Å². The average Bonchev–Trinajstić information content (AvgIpc) is 2.40. The smallest absolute Gasteiger partial charge is 0.314 e. The van der Waals surface area contributed by atoms with Crippen molar-refractivity contribution in [2.45, 2.75) is 32.6 Å². The molecular weight excluding hydrogens is 275 g/mol. The molecule has 2 amide bonds. The SMILES string of the molecule is Cc1cc(F)ccc1CCNC(=O)NCCCCC(=O)O. The van der Waals surface area contributed by atoms with Crippen LogP contribution in [0.5, 0.6) is 0 Å². The average molecular weight is 296 g/mol. The van der Waals surface area contributed by atoms with E-state index in [-0.39, 0.29) is 18.3 Å². The fourth-order valence-electron chi connectivity index (χ4n) is 1.92. The summed E-state index contributed by atoms with van der Waals surface area (Å²) in [6.45, 7) is 2.75. The number of carboxylic acid groups (broad SMARTS) is 1. The molecule has 5 nitrogen and oxygen atoms in total. The van der Waals surface area contributed by atoms with Crippen molar-refractivity contribution in [3.63, 3.8) is 0 Å². The number of urea groups is 1. The molecule has 21 heavy (non-hydrogen) atoms. The molecular formula is C15H21FN2O3. The zero-order valence-corrected chi connectivity index (χ0v) is 12.1. The van der Waals surface area contributed by atoms with Gasteiger partial charge in [0.2, 0.25) is 0 Å². The highest BCUT2D eigenvalue weighted by molar-refractivity contribution is 5.73. The molecule has 0 spiro atoms. The van der Waals surface area contributed by atoms with Gasteiger partial charge in [0.15, 0.2) is 0 Å². The monoisotopic (exact) mass is 296 g/mol. The van der Waals surface area contributed by atoms with Crippen LogP contribution >= 0.6 is 0 Å². The molecule has 0 radical (unpaired) electrons. The van der Waals surface area contributed by atoms with Gasteiger partial charge < -0.3 is 15.7 Å². The van der Waals surface area contributed by atoms with E-state index in [1.807, 2.05) is 6.92 Å². The lowest BCUT2D eigenvalue weighted by Crippen LogP contribution is -2.37. The minimum absolute atomic E-state index is 0.118. The Labute approximate surface area is 123 Å². The van der Waals surface area contributed by atoms with E-state index in [1.54, 1.807) is 6.07 Å². The van der Waals surface area contributed by atoms with Crippen LogP contribution in [0.3, 0.4) is 0 Å². The first kappa shape index (κ1) is 16.9. The third kappa shape index (κ3) is 7.29. The van der Waals surface area contributed by atoms with Crippen molar-refractivity contribution in [3.05, 3.63) is 35.1 Å². The highest BCUT2D eigenvalue weighted by Crippen LogP contribution is 2.10. The molecule has 3 N–H and O–H groups in total. The van der Waals surface area contributed by atoms with Crippen molar-refractivity contribution in [2.24, 2.45) is 0 Å². The lowest BCUT2D eigenvalue weighted by atomic mass is 10.1. The van der Waals surface area contributed by atoms with Crippen LogP contribution in [0.1, 0.15) is 30.4 Å². The maximum Gasteiger partial charge on any atom is 0.314 e. The molecule has 0 aromatic heterocycles. The van der Waals surface area contributed by atoms with E-state index in [0.29, 0.717) is 32.4 Å². The molecule has 0 aliphatic carbocycles. The number of unbranched alkanes of at least 4 members (excludes halogenated alkanes) is 1. The zero-order valence-electron chi connectivity index (χ0n) is 12.1. The summed E-state index contributed by atoms with van der Waals surface area (Å²) in [4.78, 5) is 21.8. The van der Waals surface area contributed by atoms with Crippen LogP contribution in [0.2, 0.25) is 0 Å². The molecule has 0 saturated heterocycles. The largest absolute Gasteiger partial charge is 0.481 e. The van der Waals surface area contributed by atoms with Crippen molar-refractivity contribution in [1.29, 1.82) is 0 Å². The van der Waals surface area contributed by atoms with E-state index in [0.717, 1.165) is 11.1 Å². The predicted octanol–water partition coefficient (Wildman–Crippen LogP) is 2.23. The van der Waals surface area contributed by atoms with Crippen LogP contribution in [0.15, 0.2) is 18.2 Å². The van der Waals surface area contributed by atoms with E-state index >= 15 is 0 Å². The van der Waals surface area contributed by atoms with Crippen LogP contribution in [-0.4, -0.2) is 30.2 Å². The lowest BCUT2D eigenvalue weighted by Gasteiger charge is -2.09. The lowest BCUT2D eigenvalue weighted by molar-refractivity contribution is -0.137. The van der Waals surface area contributed by atoms with Crippen LogP contribution in [0.25, 0.3) is 0 Å². The number of amides is 2. The topological polar surface area (TPSA) is 78.4 Å². The van der Waals surface area contributed by atoms with Gasteiger partial charge in [-0.2, -0.15) is 0 Å². The maximum atomic E-state index is 12.9. The second-order valence-corrected chi connectivity index (χ2v) is 4.85. The minimum atomic E-state index is -0.825. The molecule has 0 bridgehead atoms. The van der Waals surface area contributed by atoms with Crippen molar-refractivity contribution in [3.8, 4) is 0 Å². The summed E-state index contributed by atoms with van der Waals surface area (Å²) in [5.41, 5.74) is 1.86. The molecule has 116 valence electrons. The molecule has 0 heterocycles. The van der Waals surface area contributed by atoms with Crippen LogP contribution in [0, 0.1) is 12.7 Å². The van der Waals surface area contributed by atoms with Crippen molar-refractivity contribution >= 4 is 12.0 Å². The summed E-state index contributed by atoms with van der Waals surface area (Å²) >= 11 is 0. The zero-order chi connectivity index (χ0) is 15.7. The molecule has 6 heteroatoms. The summed E-state index contributed by atoms with van der Waals surface area (Å²) < 4.78 is 12.9. The van der Waals surface area contributed by atoms with Gasteiger partial charge >= 0.3 is 12.0 Å². The first-order chi connectivity index (χ1) is 9.99. The van der Waals surface area contributed by atoms with Gasteiger partial charge in [-0.15, -0.1) is 0 Å². The number of nitrogens with one attached hydrogen (secondary N) is 2. The number of benzene rings is 1. The predicted molar refractivity (Wildman–Crippen MR) is 77.7 cm³/mol. The van der Waals surface area contributed by atoms with E-state index in [4.69, 9.17) is 5.11 Å². The fraction of sp³-hybridized carbons (Fsp3) is 0.467. The Morgan fingerprint density at radius 1 is 1.19 bits per heavy atom. The Kier molecular flexibility index (Phi) is 7.21. The van der Waals surface area contributed by atoms with Crippen molar-refractivity contribution in [1.82, 2.24) is 10.6 Å². The Morgan fingerprint density at radius 2 is 1.90 bits per heavy atom. The van der Waals surface area contributed by atoms with Gasteiger partial charge in [-0.25, -0.2) is 9.18 Å². The number of carbonyl (C=O) groups is 2. The number of halogens is 1. The molecule has 1 aromatic carbocycles. The molecule has 0 saturated carbocycles. The third-order valence-corrected chi connectivity index (χ3v) is 3.09. The number of aryl methyl sites for hydroxylation is 1. The summed E-state index contributed by atoms with van der Waals surface area (Å²) in [5, 5.41) is 13.8. The van der Waals surface area contributed by atoms with Gasteiger partial charge in [-0.05, 0) is 49.4 Å². The van der Waals surface area contributed by atoms with E-state index in [9.17, 15) is 14.0 Å². The van der Waals surface area contributed by atoms with E-state index in [1.165, 1.54) is 12.1 Å². The molecule has 0 atom stereocenters. The highest BCUT2D eigenvalue weighted by Gasteiger charge is 2.03. The Morgan fingerprint density at radius 3 is 2.57 bits per heavy atom. The summed E-state index contributed by atoms with van der Waals surface area (Å²) in [6.07, 6.45) is 1.94. The van der Waals surface area contributed by atoms with Gasteiger partial charge in [-0.1, -0.05) is 6.07 Å². The van der Waals surface area contributed by atoms with Gasteiger partial charge in [-0.3, -0.25) is 4.79 Å². The number of rotatable bonds is 8. The van der Waals surface area contributed by atoms with Crippen LogP contribution in [0.4, 0.5) is 9.18 Å². The van der Waals surface area contributed by atoms with Crippen LogP contribution in [-0.2, 0) is 11.2 Å². The molecule has 1 rings (SSSR count). The number of hydrogen-bond acceptors (Lipinski definition) is 2. The van der Waals surface area contributed by atoms with Gasteiger partial charge in [0, 0.05) is 19.5 Å². The van der Waals surface area contributed by atoms with Gasteiger partial charge in [0.25, 0.3) is 0 Å². The van der Waals surface area contributed by atoms with Crippen molar-refractivity contribution < 1.29 is 19.1 Å². The van der Waals surface area contributed by atoms with E-state index in [2.05, 4.69) is 10.6 Å². The maximum absolute atomic E-state index is 12.9. The normalized spacial score (nSPS) is 10.2. The van der Waals surface area contributed by atoms with Gasteiger partial charge in [0.05, 0.1) is 0 Å². The quantitative estimate of drug-likeness (QED) is 0.644. The fourth-order valence-corrected chi connectivity index (χ4v) is 1.92. The number of hydrogen-bond donors (Lipinski definition) is 3. The summed E-state index contributed by atoms with van der Waals surface area (Å²) in [7, 11) is 0.